The van der Waals surface area contributed by atoms with Crippen molar-refractivity contribution in [2.24, 2.45) is 0 Å². The smallest absolute Gasteiger partial charge is 0.356 e. The molecule has 0 bridgehead atoms. The first kappa shape index (κ1) is 87.6. The van der Waals surface area contributed by atoms with Crippen LogP contribution in [0, 0.1) is 20.8 Å². The first-order chi connectivity index (χ1) is 60.2. The number of likely N-dealkylation sites (N-methyl/N-ethyl adjacent to an activating group) is 3. The van der Waals surface area contributed by atoms with Gasteiger partial charge in [-0.25, -0.2) is 49.5 Å². The Morgan fingerprint density at radius 2 is 0.815 bits per heavy atom. The molecule has 16 rings (SSSR count). The third-order valence-corrected chi connectivity index (χ3v) is 22.9. The lowest BCUT2D eigenvalue weighted by atomic mass is 9.99. The van der Waals surface area contributed by atoms with E-state index in [4.69, 9.17) is 38.6 Å². The van der Waals surface area contributed by atoms with Crippen LogP contribution in [0.1, 0.15) is 77.6 Å². The molecule has 3 aliphatic carbocycles. The number of rotatable bonds is 28. The molecule has 3 saturated heterocycles. The zero-order valence-electron chi connectivity index (χ0n) is 71.8. The van der Waals surface area contributed by atoms with Crippen LogP contribution < -0.4 is 36.6 Å². The van der Waals surface area contributed by atoms with E-state index in [2.05, 4.69) is 159 Å². The molecule has 7 N–H and O–H groups in total. The van der Waals surface area contributed by atoms with Crippen LogP contribution in [0.4, 0.5) is 52.0 Å². The lowest BCUT2D eigenvalue weighted by Crippen LogP contribution is -2.54. The van der Waals surface area contributed by atoms with E-state index in [0.29, 0.717) is 74.2 Å². The van der Waals surface area contributed by atoms with Gasteiger partial charge in [0, 0.05) is 169 Å². The number of nitrogens with zero attached hydrogens (tertiary/aromatic N) is 15. The molecule has 33 nitrogen and oxygen atoms in total. The van der Waals surface area contributed by atoms with Gasteiger partial charge in [-0.1, -0.05) is 54.6 Å². The topological polar surface area (TPSA) is 364 Å². The molecule has 124 heavy (non-hydrogen) atoms. The van der Waals surface area contributed by atoms with Crippen LogP contribution in [0.3, 0.4) is 0 Å². The number of piperazine rings is 3. The Hall–Kier alpha value is -12.7. The maximum atomic E-state index is 13.5. The number of aromatic amines is 1. The van der Waals surface area contributed by atoms with E-state index in [1.54, 1.807) is 70.4 Å². The molecule has 4 aromatic carbocycles. The molecule has 6 aromatic heterocycles. The highest BCUT2D eigenvalue weighted by Crippen LogP contribution is 2.41. The molecule has 646 valence electrons. The fourth-order valence-corrected chi connectivity index (χ4v) is 15.9. The molecule has 0 unspecified atom stereocenters. The predicted molar refractivity (Wildman–Crippen MR) is 475 cm³/mol. The fourth-order valence-electron chi connectivity index (χ4n) is 15.9. The van der Waals surface area contributed by atoms with Crippen molar-refractivity contribution in [1.29, 1.82) is 0 Å². The molecule has 33 heteroatoms. The summed E-state index contributed by atoms with van der Waals surface area (Å²) in [6, 6.07) is 29.6. The third kappa shape index (κ3) is 21.1. The number of allylic oxidation sites excluding steroid dienone is 3. The second-order valence-electron chi connectivity index (χ2n) is 31.3. The van der Waals surface area contributed by atoms with Gasteiger partial charge < -0.3 is 75.0 Å². The van der Waals surface area contributed by atoms with Gasteiger partial charge in [-0.2, -0.15) is 5.10 Å². The van der Waals surface area contributed by atoms with Gasteiger partial charge in [-0.3, -0.25) is 34.2 Å². The van der Waals surface area contributed by atoms with Crippen LogP contribution >= 0.6 is 0 Å². The van der Waals surface area contributed by atoms with E-state index in [1.807, 2.05) is 81.6 Å². The molecule has 10 aromatic rings. The predicted octanol–water partition coefficient (Wildman–Crippen LogP) is 9.16. The monoisotopic (exact) mass is 1680 g/mol. The van der Waals surface area contributed by atoms with Crippen LogP contribution in [-0.4, -0.2) is 289 Å². The van der Waals surface area contributed by atoms with E-state index in [1.165, 1.54) is 20.4 Å². The summed E-state index contributed by atoms with van der Waals surface area (Å²) in [4.78, 5) is 113. The third-order valence-electron chi connectivity index (χ3n) is 22.9. The Bertz CT molecular complexity index is 5590. The van der Waals surface area contributed by atoms with Gasteiger partial charge in [0.1, 0.15) is 23.8 Å². The molecular weight excluding hydrogens is 1580 g/mol. The summed E-state index contributed by atoms with van der Waals surface area (Å²) in [5, 5.41) is 27.4. The van der Waals surface area contributed by atoms with Crippen molar-refractivity contribution in [3.8, 4) is 5.88 Å². The van der Waals surface area contributed by atoms with Gasteiger partial charge in [0.05, 0.1) is 86.6 Å². The number of anilines is 9. The lowest BCUT2D eigenvalue weighted by molar-refractivity contribution is -0.143. The first-order valence-corrected chi connectivity index (χ1v) is 41.3. The second-order valence-corrected chi connectivity index (χ2v) is 31.3. The Kier molecular flexibility index (Phi) is 29.0. The van der Waals surface area contributed by atoms with Gasteiger partial charge in [-0.05, 0) is 166 Å². The molecule has 3 fully saturated rings. The number of carbonyl (C=O) groups excluding carboxylic acids is 5. The number of amides is 3. The molecule has 0 spiro atoms. The number of H-pyrrole nitrogens is 1. The zero-order chi connectivity index (χ0) is 86.9. The fraction of sp³-hybridized carbons (Fsp3) is 0.363. The molecular formula is C91H106N22O11. The molecule has 3 atom stereocenters. The molecule has 0 saturated carbocycles. The van der Waals surface area contributed by atoms with Crippen LogP contribution in [0.2, 0.25) is 0 Å². The van der Waals surface area contributed by atoms with Crippen molar-refractivity contribution in [2.45, 2.75) is 58.2 Å². The van der Waals surface area contributed by atoms with Gasteiger partial charge in [0.25, 0.3) is 0 Å². The number of ether oxygens (including phenoxy) is 6. The average Bonchev–Trinajstić information content (AvgIpc) is 1.54. The number of pyridine rings is 2. The van der Waals surface area contributed by atoms with Crippen molar-refractivity contribution >= 4 is 109 Å². The number of benzene rings is 4. The summed E-state index contributed by atoms with van der Waals surface area (Å²) >= 11 is 0. The standard InChI is InChI=1S/C31H37N7O5.C30H34N8O2.C30H35N7O4/c1-20-16-33-31(34-21-8-11-27(32-17-21)43-19-28(39)42-4)36-29(20)24-10-9-23-22(24)6-5-7-25(23)35-30(40)26(18-41-3)38-14-12-37(2)13-15-38;1-19-16-31-30(33-21-8-7-20-17-32-36-26(20)15-21)35-28(19)24-10-9-23-22(24)5-4-6-25(23)34-29(39)27(18-40-3)38-13-11-37(2)12-14-38;1-19-16-32-30(33-20-8-11-25(31-17-20)29(39)41-4)35-27(19)23-10-9-22-21(23)6-5-7-24(22)34-28(38)26(18-40-3)37-14-12-36(2)13-15-37/h5-8,10-11,16-17,26H,9,12-15,18-19H2,1-4H3,(H,35,40)(H,33,34,36);4-8,10,15-17,27H,9,11-14,18H2,1-3H3,(H,32,36)(H,34,39)(H,31,33,35);5-8,10-11,16-17,26H,9,12-15,18H2,1-4H3,(H,34,38)(H,32,33,35)/t26-;27-;26-/m111/s1. The van der Waals surface area contributed by atoms with Crippen molar-refractivity contribution in [2.75, 3.05) is 194 Å². The number of hydrogen-bond donors (Lipinski definition) is 7. The summed E-state index contributed by atoms with van der Waals surface area (Å²) in [7, 11) is 13.8. The number of esters is 2. The number of fused-ring (bicyclic) bond motifs is 4. The number of aryl methyl sites for hydroxylation is 3. The van der Waals surface area contributed by atoms with Gasteiger partial charge in [-0.15, -0.1) is 0 Å². The van der Waals surface area contributed by atoms with E-state index in [9.17, 15) is 24.0 Å². The second kappa shape index (κ2) is 41.0. The average molecular weight is 1680 g/mol. The number of methoxy groups -OCH3 is 5. The number of carbonyl (C=O) groups is 5. The first-order valence-electron chi connectivity index (χ1n) is 41.3. The Morgan fingerprint density at radius 1 is 0.427 bits per heavy atom. The highest BCUT2D eigenvalue weighted by molar-refractivity contribution is 6.01. The minimum atomic E-state index is -0.499. The SMILES string of the molecule is COC[C@H](C(=O)Nc1cccc2c1CC=C2c1nc(Nc2ccc(C(=O)OC)nc2)ncc1C)N1CCN(C)CC1.COC[C@H](C(=O)Nc1cccc2c1CC=C2c1nc(Nc2ccc(OCC(=O)OC)nc2)ncc1C)N1CCN(C)CC1.COC[C@H](C(=O)Nc1cccc2c1CC=C2c1nc(Nc2ccc3cn[nH]c3c2)ncc1C)N1CCN(C)CC1. The molecule has 3 aliphatic heterocycles. The van der Waals surface area contributed by atoms with Crippen molar-refractivity contribution in [3.63, 3.8) is 0 Å². The number of nitrogens with one attached hydrogen (secondary N) is 7. The largest absolute Gasteiger partial charge is 0.466 e. The number of hydrogen-bond acceptors (Lipinski definition) is 29. The van der Waals surface area contributed by atoms with Crippen LogP contribution in [0.15, 0.2) is 152 Å². The Morgan fingerprint density at radius 3 is 1.18 bits per heavy atom. The van der Waals surface area contributed by atoms with Crippen molar-refractivity contribution in [3.05, 3.63) is 225 Å². The summed E-state index contributed by atoms with van der Waals surface area (Å²) in [5.41, 5.74) is 20.5. The Labute approximate surface area is 720 Å². The van der Waals surface area contributed by atoms with Crippen LogP contribution in [-0.2, 0) is 62.1 Å². The zero-order valence-corrected chi connectivity index (χ0v) is 71.8. The van der Waals surface area contributed by atoms with Gasteiger partial charge >= 0.3 is 11.9 Å². The molecule has 9 heterocycles. The molecule has 6 aliphatic rings. The number of aromatic nitrogens is 10. The summed E-state index contributed by atoms with van der Waals surface area (Å²) in [6.07, 6.45) is 18.8. The van der Waals surface area contributed by atoms with Gasteiger partial charge in [0.15, 0.2) is 6.61 Å². The van der Waals surface area contributed by atoms with Crippen LogP contribution in [0.5, 0.6) is 5.88 Å². The van der Waals surface area contributed by atoms with E-state index in [-0.39, 0.29) is 48.1 Å². The quantitative estimate of drug-likeness (QED) is 0.0225. The maximum Gasteiger partial charge on any atom is 0.356 e. The molecule has 0 radical (unpaired) electrons. The molecule has 3 amide bonds. The summed E-state index contributed by atoms with van der Waals surface area (Å²) in [6.45, 7) is 17.3. The van der Waals surface area contributed by atoms with Crippen molar-refractivity contribution < 1.29 is 52.4 Å². The highest BCUT2D eigenvalue weighted by Gasteiger charge is 2.35. The summed E-state index contributed by atoms with van der Waals surface area (Å²) in [5.74, 6) is 0.507. The van der Waals surface area contributed by atoms with Crippen LogP contribution in [0.25, 0.3) is 27.6 Å². The van der Waals surface area contributed by atoms with E-state index >= 15 is 0 Å². The minimum absolute atomic E-state index is 0.0350. The van der Waals surface area contributed by atoms with E-state index < -0.39 is 11.9 Å². The lowest BCUT2D eigenvalue weighted by Gasteiger charge is -2.36. The Balaban J connectivity index is 0.000000151. The summed E-state index contributed by atoms with van der Waals surface area (Å²) < 4.78 is 30.9. The normalized spacial score (nSPS) is 16.1. The highest BCUT2D eigenvalue weighted by atomic mass is 16.6. The van der Waals surface area contributed by atoms with E-state index in [0.717, 1.165) is 196 Å². The van der Waals surface area contributed by atoms with Gasteiger partial charge in [0.2, 0.25) is 41.4 Å². The minimum Gasteiger partial charge on any atom is -0.466 e. The van der Waals surface area contributed by atoms with Crippen molar-refractivity contribution in [1.82, 2.24) is 79.5 Å². The maximum absolute atomic E-state index is 13.5.